The number of amides is 1. The third-order valence-electron chi connectivity index (χ3n) is 4.21. The fraction of sp³-hybridized carbons (Fsp3) is 0.647. The van der Waals surface area contributed by atoms with Gasteiger partial charge in [0.25, 0.3) is 0 Å². The third-order valence-corrected chi connectivity index (χ3v) is 4.21. The number of anilines is 1. The molecule has 0 radical (unpaired) electrons. The number of hydrogen-bond acceptors (Lipinski definition) is 4. The van der Waals surface area contributed by atoms with Crippen molar-refractivity contribution in [3.05, 3.63) is 24.4 Å². The fourth-order valence-corrected chi connectivity index (χ4v) is 2.71. The molecule has 0 atom stereocenters. The molecule has 0 unspecified atom stereocenters. The van der Waals surface area contributed by atoms with Crippen molar-refractivity contribution in [3.63, 3.8) is 0 Å². The van der Waals surface area contributed by atoms with Crippen LogP contribution in [0.3, 0.4) is 0 Å². The van der Waals surface area contributed by atoms with Crippen LogP contribution in [-0.2, 0) is 4.79 Å². The molecule has 1 aliphatic heterocycles. The molecule has 22 heavy (non-hydrogen) atoms. The average molecular weight is 304 g/mol. The molecule has 0 aliphatic carbocycles. The highest BCUT2D eigenvalue weighted by Crippen LogP contribution is 2.13. The van der Waals surface area contributed by atoms with Gasteiger partial charge in [-0.05, 0) is 32.1 Å². The van der Waals surface area contributed by atoms with Gasteiger partial charge >= 0.3 is 0 Å². The van der Waals surface area contributed by atoms with Crippen LogP contribution in [0.15, 0.2) is 24.4 Å². The second-order valence-corrected chi connectivity index (χ2v) is 5.96. The predicted molar refractivity (Wildman–Crippen MR) is 90.1 cm³/mol. The lowest BCUT2D eigenvalue weighted by atomic mass is 10.2. The van der Waals surface area contributed by atoms with E-state index in [-0.39, 0.29) is 5.91 Å². The molecule has 1 aromatic rings. The highest BCUT2D eigenvalue weighted by Gasteiger charge is 2.21. The monoisotopic (exact) mass is 304 g/mol. The van der Waals surface area contributed by atoms with Crippen LogP contribution in [0.2, 0.25) is 0 Å². The van der Waals surface area contributed by atoms with Crippen LogP contribution in [0.25, 0.3) is 0 Å². The Morgan fingerprint density at radius 3 is 2.64 bits per heavy atom. The third kappa shape index (κ3) is 4.98. The Labute approximate surface area is 133 Å². The maximum Gasteiger partial charge on any atom is 0.223 e. The molecule has 5 nitrogen and oxygen atoms in total. The molecule has 1 fully saturated rings. The smallest absolute Gasteiger partial charge is 0.223 e. The minimum atomic E-state index is 0.281. The highest BCUT2D eigenvalue weighted by atomic mass is 16.2. The van der Waals surface area contributed by atoms with Gasteiger partial charge in [-0.2, -0.15) is 0 Å². The number of aromatic nitrogens is 1. The number of unbranched alkanes of at least 4 members (excludes halogenated alkanes) is 1. The molecule has 0 bridgehead atoms. The average Bonchev–Trinajstić information content (AvgIpc) is 2.58. The standard InChI is InChI=1S/C17H28N4O/c1-3-4-10-19(2)11-8-17(22)21-14-12-20(13-15-21)16-7-5-6-9-18-16/h5-7,9H,3-4,8,10-15H2,1-2H3. The summed E-state index contributed by atoms with van der Waals surface area (Å²) in [5, 5.41) is 0. The molecule has 1 saturated heterocycles. The maximum absolute atomic E-state index is 12.3. The first-order chi connectivity index (χ1) is 10.7. The van der Waals surface area contributed by atoms with Crippen LogP contribution >= 0.6 is 0 Å². The zero-order chi connectivity index (χ0) is 15.8. The first kappa shape index (κ1) is 16.7. The zero-order valence-electron chi connectivity index (χ0n) is 13.9. The van der Waals surface area contributed by atoms with Gasteiger partial charge < -0.3 is 14.7 Å². The minimum Gasteiger partial charge on any atom is -0.353 e. The van der Waals surface area contributed by atoms with Crippen LogP contribution in [-0.4, -0.2) is 67.0 Å². The van der Waals surface area contributed by atoms with Gasteiger partial charge in [0, 0.05) is 45.3 Å². The maximum atomic E-state index is 12.3. The first-order valence-electron chi connectivity index (χ1n) is 8.33. The normalized spacial score (nSPS) is 15.4. The molecule has 2 heterocycles. The second-order valence-electron chi connectivity index (χ2n) is 5.96. The van der Waals surface area contributed by atoms with Gasteiger partial charge in [0.05, 0.1) is 0 Å². The first-order valence-corrected chi connectivity index (χ1v) is 8.33. The van der Waals surface area contributed by atoms with Crippen molar-refractivity contribution < 1.29 is 4.79 Å². The van der Waals surface area contributed by atoms with Gasteiger partial charge in [-0.3, -0.25) is 4.79 Å². The molecular formula is C17H28N4O. The Kier molecular flexibility index (Phi) is 6.65. The summed E-state index contributed by atoms with van der Waals surface area (Å²) in [6.07, 6.45) is 4.85. The van der Waals surface area contributed by atoms with E-state index < -0.39 is 0 Å². The van der Waals surface area contributed by atoms with E-state index in [1.165, 1.54) is 12.8 Å². The Balaban J connectivity index is 1.71. The Bertz CT molecular complexity index is 443. The van der Waals surface area contributed by atoms with Crippen LogP contribution in [0.1, 0.15) is 26.2 Å². The molecule has 1 amide bonds. The number of carbonyl (C=O) groups is 1. The van der Waals surface area contributed by atoms with Crippen LogP contribution in [0.4, 0.5) is 5.82 Å². The van der Waals surface area contributed by atoms with Crippen LogP contribution < -0.4 is 4.90 Å². The van der Waals surface area contributed by atoms with E-state index in [0.29, 0.717) is 6.42 Å². The second kappa shape index (κ2) is 8.73. The molecule has 0 saturated carbocycles. The number of piperazine rings is 1. The number of carbonyl (C=O) groups excluding carboxylic acids is 1. The molecule has 0 N–H and O–H groups in total. The molecule has 0 spiro atoms. The van der Waals surface area contributed by atoms with Gasteiger partial charge in [0.15, 0.2) is 0 Å². The van der Waals surface area contributed by atoms with E-state index in [9.17, 15) is 4.79 Å². The van der Waals surface area contributed by atoms with Gasteiger partial charge in [0.1, 0.15) is 5.82 Å². The van der Waals surface area contributed by atoms with Crippen molar-refractivity contribution >= 4 is 11.7 Å². The van der Waals surface area contributed by atoms with Crippen molar-refractivity contribution in [2.75, 3.05) is 51.2 Å². The Morgan fingerprint density at radius 1 is 1.23 bits per heavy atom. The number of rotatable bonds is 7. The summed E-state index contributed by atoms with van der Waals surface area (Å²) in [5.74, 6) is 1.29. The van der Waals surface area contributed by atoms with Crippen molar-refractivity contribution in [2.45, 2.75) is 26.2 Å². The lowest BCUT2D eigenvalue weighted by Crippen LogP contribution is -2.49. The fourth-order valence-electron chi connectivity index (χ4n) is 2.71. The van der Waals surface area contributed by atoms with Crippen LogP contribution in [0, 0.1) is 0 Å². The van der Waals surface area contributed by atoms with Crippen molar-refractivity contribution in [1.29, 1.82) is 0 Å². The van der Waals surface area contributed by atoms with Crippen molar-refractivity contribution in [2.24, 2.45) is 0 Å². The summed E-state index contributed by atoms with van der Waals surface area (Å²) in [6, 6.07) is 5.96. The predicted octanol–water partition coefficient (Wildman–Crippen LogP) is 1.85. The number of pyridine rings is 1. The van der Waals surface area contributed by atoms with E-state index in [1.54, 1.807) is 0 Å². The Morgan fingerprint density at radius 2 is 2.00 bits per heavy atom. The molecule has 0 aromatic carbocycles. The van der Waals surface area contributed by atoms with Crippen LogP contribution in [0.5, 0.6) is 0 Å². The topological polar surface area (TPSA) is 39.7 Å². The quantitative estimate of drug-likeness (QED) is 0.771. The lowest BCUT2D eigenvalue weighted by molar-refractivity contribution is -0.131. The summed E-state index contributed by atoms with van der Waals surface area (Å²) in [6.45, 7) is 7.47. The molecular weight excluding hydrogens is 276 g/mol. The van der Waals surface area contributed by atoms with E-state index in [1.807, 2.05) is 29.3 Å². The summed E-state index contributed by atoms with van der Waals surface area (Å²) >= 11 is 0. The number of nitrogens with zero attached hydrogens (tertiary/aromatic N) is 4. The molecule has 122 valence electrons. The molecule has 2 rings (SSSR count). The van der Waals surface area contributed by atoms with E-state index in [2.05, 4.69) is 28.8 Å². The largest absolute Gasteiger partial charge is 0.353 e. The lowest BCUT2D eigenvalue weighted by Gasteiger charge is -2.35. The molecule has 5 heteroatoms. The molecule has 1 aliphatic rings. The van der Waals surface area contributed by atoms with Gasteiger partial charge in [0.2, 0.25) is 5.91 Å². The van der Waals surface area contributed by atoms with Gasteiger partial charge in [-0.25, -0.2) is 4.98 Å². The summed E-state index contributed by atoms with van der Waals surface area (Å²) in [4.78, 5) is 23.2. The zero-order valence-corrected chi connectivity index (χ0v) is 13.9. The van der Waals surface area contributed by atoms with Gasteiger partial charge in [-0.15, -0.1) is 0 Å². The van der Waals surface area contributed by atoms with E-state index in [0.717, 1.165) is 45.1 Å². The van der Waals surface area contributed by atoms with Gasteiger partial charge in [-0.1, -0.05) is 19.4 Å². The van der Waals surface area contributed by atoms with Crippen molar-refractivity contribution in [1.82, 2.24) is 14.8 Å². The summed E-state index contributed by atoms with van der Waals surface area (Å²) < 4.78 is 0. The summed E-state index contributed by atoms with van der Waals surface area (Å²) in [5.41, 5.74) is 0. The molecule has 1 aromatic heterocycles. The minimum absolute atomic E-state index is 0.281. The highest BCUT2D eigenvalue weighted by molar-refractivity contribution is 5.76. The summed E-state index contributed by atoms with van der Waals surface area (Å²) in [7, 11) is 2.10. The SMILES string of the molecule is CCCCN(C)CCC(=O)N1CCN(c2ccccn2)CC1. The van der Waals surface area contributed by atoms with E-state index in [4.69, 9.17) is 0 Å². The Hall–Kier alpha value is -1.62. The van der Waals surface area contributed by atoms with Crippen molar-refractivity contribution in [3.8, 4) is 0 Å². The van der Waals surface area contributed by atoms with E-state index >= 15 is 0 Å². The number of hydrogen-bond donors (Lipinski definition) is 0.